The second kappa shape index (κ2) is 15.5. The zero-order chi connectivity index (χ0) is 33.3. The largest absolute Gasteiger partial charge is 0.352 e. The van der Waals surface area contributed by atoms with Crippen molar-refractivity contribution < 1.29 is 9.59 Å². The molecule has 242 valence electrons. The van der Waals surface area contributed by atoms with Crippen molar-refractivity contribution in [1.82, 2.24) is 20.6 Å². The molecule has 0 aliphatic carbocycles. The fraction of sp³-hybridized carbons (Fsp3) is 0.238. The molecule has 6 aromatic rings. The molecule has 0 bridgehead atoms. The first-order chi connectivity index (χ1) is 23.5. The predicted molar refractivity (Wildman–Crippen MR) is 196 cm³/mol. The maximum Gasteiger partial charge on any atom is 0.252 e. The minimum Gasteiger partial charge on any atom is -0.352 e. The van der Waals surface area contributed by atoms with E-state index in [0.717, 1.165) is 94.0 Å². The lowest BCUT2D eigenvalue weighted by Crippen LogP contribution is -2.25. The Morgan fingerprint density at radius 2 is 0.875 bits per heavy atom. The molecular weight excluding hydrogens is 592 g/mol. The number of benzene rings is 4. The maximum atomic E-state index is 13.3. The molecule has 0 fully saturated rings. The molecule has 2 N–H and O–H groups in total. The Kier molecular flexibility index (Phi) is 10.5. The zero-order valence-electron chi connectivity index (χ0n) is 27.8. The molecule has 0 atom stereocenters. The quantitative estimate of drug-likeness (QED) is 0.124. The first kappa shape index (κ1) is 32.6. The Labute approximate surface area is 282 Å². The number of pyridine rings is 2. The maximum absolute atomic E-state index is 13.3. The lowest BCUT2D eigenvalue weighted by molar-refractivity contribution is 0.0946. The van der Waals surface area contributed by atoms with Crippen LogP contribution in [0.15, 0.2) is 109 Å². The van der Waals surface area contributed by atoms with Crippen LogP contribution in [-0.2, 0) is 0 Å². The number of amides is 2. The first-order valence-electron chi connectivity index (χ1n) is 17.0. The van der Waals surface area contributed by atoms with Gasteiger partial charge in [0.2, 0.25) is 0 Å². The third-order valence-electron chi connectivity index (χ3n) is 8.94. The van der Waals surface area contributed by atoms with E-state index in [1.807, 2.05) is 97.1 Å². The van der Waals surface area contributed by atoms with Crippen LogP contribution in [0.1, 0.15) is 70.4 Å². The lowest BCUT2D eigenvalue weighted by Gasteiger charge is -2.12. The van der Waals surface area contributed by atoms with E-state index in [0.29, 0.717) is 24.2 Å². The second-order valence-corrected chi connectivity index (χ2v) is 12.4. The molecular formula is C42H42N4O2. The minimum atomic E-state index is -0.0628. The monoisotopic (exact) mass is 634 g/mol. The van der Waals surface area contributed by atoms with Crippen molar-refractivity contribution >= 4 is 33.6 Å². The highest BCUT2D eigenvalue weighted by atomic mass is 16.2. The summed E-state index contributed by atoms with van der Waals surface area (Å²) in [6, 6.07) is 35.7. The summed E-state index contributed by atoms with van der Waals surface area (Å²) in [6.07, 6.45) is 6.12. The van der Waals surface area contributed by atoms with Crippen LogP contribution in [0.25, 0.3) is 44.3 Å². The Morgan fingerprint density at radius 1 is 0.500 bits per heavy atom. The molecule has 0 spiro atoms. The Bertz CT molecular complexity index is 1920. The third-order valence-corrected chi connectivity index (χ3v) is 8.94. The number of hydrogen-bond acceptors (Lipinski definition) is 4. The average molecular weight is 635 g/mol. The van der Waals surface area contributed by atoms with Crippen LogP contribution < -0.4 is 10.6 Å². The number of nitrogens with one attached hydrogen (secondary N) is 2. The third kappa shape index (κ3) is 7.60. The molecule has 0 aliphatic heterocycles. The number of aromatic nitrogens is 2. The molecule has 6 rings (SSSR count). The highest BCUT2D eigenvalue weighted by Crippen LogP contribution is 2.28. The SMILES string of the molecule is Cc1ccccc1-c1cc(C(=O)NCCCCCCCCNC(=O)c2cc(-c3ccccc3C)nc3ccccc23)c2ccccc2n1. The highest BCUT2D eigenvalue weighted by molar-refractivity contribution is 6.08. The van der Waals surface area contributed by atoms with E-state index in [-0.39, 0.29) is 11.8 Å². The van der Waals surface area contributed by atoms with E-state index in [1.54, 1.807) is 0 Å². The fourth-order valence-electron chi connectivity index (χ4n) is 6.27. The summed E-state index contributed by atoms with van der Waals surface area (Å²) in [5.41, 5.74) is 8.92. The van der Waals surface area contributed by atoms with Crippen molar-refractivity contribution in [3.05, 3.63) is 131 Å². The summed E-state index contributed by atoms with van der Waals surface area (Å²) in [4.78, 5) is 36.3. The molecule has 0 saturated carbocycles. The van der Waals surface area contributed by atoms with Crippen LogP contribution in [-0.4, -0.2) is 34.9 Å². The minimum absolute atomic E-state index is 0.0628. The summed E-state index contributed by atoms with van der Waals surface area (Å²) in [5.74, 6) is -0.126. The number of hydrogen-bond donors (Lipinski definition) is 2. The van der Waals surface area contributed by atoms with Crippen molar-refractivity contribution in [2.24, 2.45) is 0 Å². The summed E-state index contributed by atoms with van der Waals surface area (Å²) >= 11 is 0. The van der Waals surface area contributed by atoms with Gasteiger partial charge in [0.1, 0.15) is 0 Å². The standard InChI is InChI=1S/C42H42N4O2/c1-29-17-7-9-19-31(29)39-27-35(33-21-11-13-23-37(33)45-39)41(47)43-25-15-5-3-4-6-16-26-44-42(48)36-28-40(32-20-10-8-18-30(32)2)46-38-24-14-12-22-34(36)38/h7-14,17-24,27-28H,3-6,15-16,25-26H2,1-2H3,(H,43,47)(H,44,48). The van der Waals surface area contributed by atoms with E-state index < -0.39 is 0 Å². The topological polar surface area (TPSA) is 84.0 Å². The summed E-state index contributed by atoms with van der Waals surface area (Å²) in [5, 5.41) is 8.00. The molecule has 2 aromatic heterocycles. The highest BCUT2D eigenvalue weighted by Gasteiger charge is 2.16. The molecule has 4 aromatic carbocycles. The van der Waals surface area contributed by atoms with Gasteiger partial charge in [-0.05, 0) is 62.1 Å². The summed E-state index contributed by atoms with van der Waals surface area (Å²) < 4.78 is 0. The van der Waals surface area contributed by atoms with Crippen molar-refractivity contribution in [2.75, 3.05) is 13.1 Å². The van der Waals surface area contributed by atoms with Crippen LogP contribution in [0.2, 0.25) is 0 Å². The average Bonchev–Trinajstić information content (AvgIpc) is 3.11. The van der Waals surface area contributed by atoms with Gasteiger partial charge in [0.05, 0.1) is 33.5 Å². The van der Waals surface area contributed by atoms with Gasteiger partial charge in [-0.2, -0.15) is 0 Å². The molecule has 6 heteroatoms. The summed E-state index contributed by atoms with van der Waals surface area (Å²) in [6.45, 7) is 5.40. The number of unbranched alkanes of at least 4 members (excludes halogenated alkanes) is 5. The number of fused-ring (bicyclic) bond motifs is 2. The van der Waals surface area contributed by atoms with Gasteiger partial charge >= 0.3 is 0 Å². The van der Waals surface area contributed by atoms with E-state index in [2.05, 4.69) is 36.6 Å². The van der Waals surface area contributed by atoms with Gasteiger partial charge in [-0.25, -0.2) is 9.97 Å². The van der Waals surface area contributed by atoms with Gasteiger partial charge in [0.15, 0.2) is 0 Å². The number of nitrogens with zero attached hydrogens (tertiary/aromatic N) is 2. The Morgan fingerprint density at radius 3 is 1.31 bits per heavy atom. The van der Waals surface area contributed by atoms with Crippen LogP contribution in [0.3, 0.4) is 0 Å². The van der Waals surface area contributed by atoms with Crippen molar-refractivity contribution in [3.8, 4) is 22.5 Å². The number of para-hydroxylation sites is 2. The van der Waals surface area contributed by atoms with Crippen LogP contribution in [0.4, 0.5) is 0 Å². The normalized spacial score (nSPS) is 11.1. The molecule has 6 nitrogen and oxygen atoms in total. The van der Waals surface area contributed by atoms with Crippen LogP contribution >= 0.6 is 0 Å². The molecule has 0 aliphatic rings. The van der Waals surface area contributed by atoms with Crippen molar-refractivity contribution in [1.29, 1.82) is 0 Å². The number of carbonyl (C=O) groups excluding carboxylic acids is 2. The molecule has 2 amide bonds. The van der Waals surface area contributed by atoms with Crippen molar-refractivity contribution in [2.45, 2.75) is 52.4 Å². The molecule has 0 radical (unpaired) electrons. The van der Waals surface area contributed by atoms with E-state index in [1.165, 1.54) is 0 Å². The fourth-order valence-corrected chi connectivity index (χ4v) is 6.27. The smallest absolute Gasteiger partial charge is 0.252 e. The molecule has 0 unspecified atom stereocenters. The lowest BCUT2D eigenvalue weighted by atomic mass is 10.0. The Balaban J connectivity index is 0.946. The predicted octanol–water partition coefficient (Wildman–Crippen LogP) is 9.23. The number of rotatable bonds is 13. The summed E-state index contributed by atoms with van der Waals surface area (Å²) in [7, 11) is 0. The van der Waals surface area contributed by atoms with Gasteiger partial charge in [-0.1, -0.05) is 111 Å². The molecule has 2 heterocycles. The van der Waals surface area contributed by atoms with Gasteiger partial charge < -0.3 is 10.6 Å². The van der Waals surface area contributed by atoms with E-state index >= 15 is 0 Å². The Hall–Kier alpha value is -5.36. The molecule has 0 saturated heterocycles. The van der Waals surface area contributed by atoms with E-state index in [9.17, 15) is 9.59 Å². The van der Waals surface area contributed by atoms with Gasteiger partial charge in [0.25, 0.3) is 11.8 Å². The number of carbonyl (C=O) groups is 2. The van der Waals surface area contributed by atoms with Crippen LogP contribution in [0.5, 0.6) is 0 Å². The van der Waals surface area contributed by atoms with E-state index in [4.69, 9.17) is 9.97 Å². The zero-order valence-corrected chi connectivity index (χ0v) is 27.8. The first-order valence-corrected chi connectivity index (χ1v) is 17.0. The van der Waals surface area contributed by atoms with Gasteiger partial charge in [-0.15, -0.1) is 0 Å². The number of aryl methyl sites for hydroxylation is 2. The van der Waals surface area contributed by atoms with Crippen molar-refractivity contribution in [3.63, 3.8) is 0 Å². The van der Waals surface area contributed by atoms with Crippen LogP contribution in [0, 0.1) is 13.8 Å². The second-order valence-electron chi connectivity index (χ2n) is 12.4. The van der Waals surface area contributed by atoms with Gasteiger partial charge in [-0.3, -0.25) is 9.59 Å². The van der Waals surface area contributed by atoms with Gasteiger partial charge in [0, 0.05) is 35.0 Å². The molecule has 48 heavy (non-hydrogen) atoms.